The van der Waals surface area contributed by atoms with E-state index in [1.54, 1.807) is 0 Å². The minimum atomic E-state index is 0.713. The van der Waals surface area contributed by atoms with Gasteiger partial charge in [-0.15, -0.1) is 0 Å². The minimum Gasteiger partial charge on any atom is -0.311 e. The molecule has 1 aliphatic carbocycles. The molecule has 1 nitrogen and oxygen atoms in total. The van der Waals surface area contributed by atoms with Crippen LogP contribution in [0.5, 0.6) is 0 Å². The van der Waals surface area contributed by atoms with Gasteiger partial charge >= 0.3 is 0 Å². The van der Waals surface area contributed by atoms with Crippen molar-refractivity contribution in [3.63, 3.8) is 0 Å². The first-order valence-electron chi connectivity index (χ1n) is 6.39. The molecule has 1 fully saturated rings. The first-order valence-corrected chi connectivity index (χ1v) is 6.39. The molecule has 0 aromatic carbocycles. The van der Waals surface area contributed by atoms with Gasteiger partial charge in [-0.2, -0.15) is 0 Å². The van der Waals surface area contributed by atoms with Gasteiger partial charge < -0.3 is 5.32 Å². The second-order valence-electron chi connectivity index (χ2n) is 5.36. The third-order valence-corrected chi connectivity index (χ3v) is 3.65. The molecule has 0 spiro atoms. The monoisotopic (exact) mass is 197 g/mol. The van der Waals surface area contributed by atoms with Gasteiger partial charge in [0.15, 0.2) is 0 Å². The summed E-state index contributed by atoms with van der Waals surface area (Å²) in [5.74, 6) is 1.80. The van der Waals surface area contributed by atoms with Crippen LogP contribution in [0.2, 0.25) is 0 Å². The molecule has 0 aromatic heterocycles. The predicted molar refractivity (Wildman–Crippen MR) is 63.5 cm³/mol. The molecule has 1 rings (SSSR count). The van der Waals surface area contributed by atoms with E-state index in [1.807, 2.05) is 0 Å². The van der Waals surface area contributed by atoms with Crippen LogP contribution in [0.1, 0.15) is 59.8 Å². The maximum absolute atomic E-state index is 3.77. The van der Waals surface area contributed by atoms with Crippen molar-refractivity contribution in [3.8, 4) is 0 Å². The van der Waals surface area contributed by atoms with Crippen LogP contribution < -0.4 is 5.32 Å². The van der Waals surface area contributed by atoms with Gasteiger partial charge in [0, 0.05) is 12.1 Å². The van der Waals surface area contributed by atoms with E-state index in [0.717, 1.165) is 11.8 Å². The van der Waals surface area contributed by atoms with E-state index in [4.69, 9.17) is 0 Å². The van der Waals surface area contributed by atoms with E-state index in [0.29, 0.717) is 12.1 Å². The minimum absolute atomic E-state index is 0.713. The summed E-state index contributed by atoms with van der Waals surface area (Å²) in [4.78, 5) is 0. The topological polar surface area (TPSA) is 12.0 Å². The van der Waals surface area contributed by atoms with Gasteiger partial charge in [-0.3, -0.25) is 0 Å². The Labute approximate surface area is 89.7 Å². The summed E-state index contributed by atoms with van der Waals surface area (Å²) in [5.41, 5.74) is 0. The lowest BCUT2D eigenvalue weighted by Crippen LogP contribution is -2.41. The van der Waals surface area contributed by atoms with E-state index < -0.39 is 0 Å². The number of rotatable bonds is 6. The van der Waals surface area contributed by atoms with E-state index in [1.165, 1.54) is 32.1 Å². The van der Waals surface area contributed by atoms with Crippen LogP contribution in [0, 0.1) is 11.8 Å². The molecule has 0 radical (unpaired) electrons. The summed E-state index contributed by atoms with van der Waals surface area (Å²) >= 11 is 0. The molecule has 2 unspecified atom stereocenters. The van der Waals surface area contributed by atoms with Crippen molar-refractivity contribution in [2.45, 2.75) is 71.9 Å². The van der Waals surface area contributed by atoms with Crippen molar-refractivity contribution >= 4 is 0 Å². The Balaban J connectivity index is 2.19. The SMILES string of the molecule is CCC(NC(C)CC1CCC1)C(C)C. The van der Waals surface area contributed by atoms with E-state index in [-0.39, 0.29) is 0 Å². The van der Waals surface area contributed by atoms with Crippen LogP contribution in [0.4, 0.5) is 0 Å². The summed E-state index contributed by atoms with van der Waals surface area (Å²) in [7, 11) is 0. The van der Waals surface area contributed by atoms with Crippen molar-refractivity contribution in [2.24, 2.45) is 11.8 Å². The van der Waals surface area contributed by atoms with Crippen LogP contribution >= 0.6 is 0 Å². The summed E-state index contributed by atoms with van der Waals surface area (Å²) in [5, 5.41) is 3.77. The van der Waals surface area contributed by atoms with Gasteiger partial charge in [-0.1, -0.05) is 40.0 Å². The highest BCUT2D eigenvalue weighted by Crippen LogP contribution is 2.30. The second-order valence-corrected chi connectivity index (χ2v) is 5.36. The van der Waals surface area contributed by atoms with Crippen LogP contribution in [-0.4, -0.2) is 12.1 Å². The molecular formula is C13H27N. The molecule has 1 N–H and O–H groups in total. The molecule has 0 saturated heterocycles. The molecule has 1 aliphatic rings. The smallest absolute Gasteiger partial charge is 0.00899 e. The fraction of sp³-hybridized carbons (Fsp3) is 1.00. The molecule has 0 amide bonds. The Morgan fingerprint density at radius 2 is 1.86 bits per heavy atom. The number of hydrogen-bond donors (Lipinski definition) is 1. The standard InChI is InChI=1S/C13H27N/c1-5-13(10(2)3)14-11(4)9-12-7-6-8-12/h10-14H,5-9H2,1-4H3. The van der Waals surface area contributed by atoms with Crippen LogP contribution in [0.25, 0.3) is 0 Å². The van der Waals surface area contributed by atoms with Crippen LogP contribution in [0.3, 0.4) is 0 Å². The zero-order valence-electron chi connectivity index (χ0n) is 10.3. The Hall–Kier alpha value is -0.0400. The van der Waals surface area contributed by atoms with E-state index in [2.05, 4.69) is 33.0 Å². The normalized spacial score (nSPS) is 22.1. The predicted octanol–water partition coefficient (Wildman–Crippen LogP) is 3.59. The molecule has 0 aromatic rings. The fourth-order valence-corrected chi connectivity index (χ4v) is 2.44. The van der Waals surface area contributed by atoms with E-state index in [9.17, 15) is 0 Å². The van der Waals surface area contributed by atoms with Gasteiger partial charge in [0.25, 0.3) is 0 Å². The number of nitrogens with one attached hydrogen (secondary N) is 1. The molecule has 14 heavy (non-hydrogen) atoms. The largest absolute Gasteiger partial charge is 0.311 e. The van der Waals surface area contributed by atoms with Crippen LogP contribution in [-0.2, 0) is 0 Å². The number of hydrogen-bond acceptors (Lipinski definition) is 1. The highest BCUT2D eigenvalue weighted by molar-refractivity contribution is 4.78. The van der Waals surface area contributed by atoms with Crippen molar-refractivity contribution in [1.82, 2.24) is 5.32 Å². The van der Waals surface area contributed by atoms with Crippen molar-refractivity contribution in [1.29, 1.82) is 0 Å². The fourth-order valence-electron chi connectivity index (χ4n) is 2.44. The van der Waals surface area contributed by atoms with Crippen molar-refractivity contribution in [3.05, 3.63) is 0 Å². The zero-order chi connectivity index (χ0) is 10.6. The highest BCUT2D eigenvalue weighted by atomic mass is 14.9. The molecule has 0 aliphatic heterocycles. The van der Waals surface area contributed by atoms with Crippen molar-refractivity contribution < 1.29 is 0 Å². The van der Waals surface area contributed by atoms with Gasteiger partial charge in [0.1, 0.15) is 0 Å². The third kappa shape index (κ3) is 3.61. The molecule has 84 valence electrons. The maximum Gasteiger partial charge on any atom is 0.00899 e. The lowest BCUT2D eigenvalue weighted by atomic mass is 9.81. The summed E-state index contributed by atoms with van der Waals surface area (Å²) in [6, 6.07) is 1.43. The molecular weight excluding hydrogens is 170 g/mol. The first kappa shape index (κ1) is 12.0. The lowest BCUT2D eigenvalue weighted by molar-refractivity contribution is 0.245. The Kier molecular flexibility index (Phi) is 4.94. The average Bonchev–Trinajstić information content (AvgIpc) is 2.07. The summed E-state index contributed by atoms with van der Waals surface area (Å²) in [6.07, 6.45) is 7.07. The molecule has 1 heteroatoms. The third-order valence-electron chi connectivity index (χ3n) is 3.65. The Morgan fingerprint density at radius 3 is 2.21 bits per heavy atom. The Morgan fingerprint density at radius 1 is 1.21 bits per heavy atom. The second kappa shape index (κ2) is 5.75. The summed E-state index contributed by atoms with van der Waals surface area (Å²) in [6.45, 7) is 9.27. The average molecular weight is 197 g/mol. The van der Waals surface area contributed by atoms with E-state index >= 15 is 0 Å². The van der Waals surface area contributed by atoms with Crippen LogP contribution in [0.15, 0.2) is 0 Å². The zero-order valence-corrected chi connectivity index (χ0v) is 10.3. The maximum atomic E-state index is 3.77. The molecule has 1 saturated carbocycles. The van der Waals surface area contributed by atoms with Gasteiger partial charge in [0.05, 0.1) is 0 Å². The summed E-state index contributed by atoms with van der Waals surface area (Å²) < 4.78 is 0. The van der Waals surface area contributed by atoms with Gasteiger partial charge in [-0.25, -0.2) is 0 Å². The van der Waals surface area contributed by atoms with Crippen molar-refractivity contribution in [2.75, 3.05) is 0 Å². The first-order chi connectivity index (χ1) is 6.63. The molecule has 2 atom stereocenters. The Bertz CT molecular complexity index is 149. The molecule has 0 bridgehead atoms. The van der Waals surface area contributed by atoms with Gasteiger partial charge in [0.2, 0.25) is 0 Å². The van der Waals surface area contributed by atoms with Gasteiger partial charge in [-0.05, 0) is 31.6 Å². The lowest BCUT2D eigenvalue weighted by Gasteiger charge is -2.31. The highest BCUT2D eigenvalue weighted by Gasteiger charge is 2.21. The molecule has 0 heterocycles. The quantitative estimate of drug-likeness (QED) is 0.686.